The number of aliphatic hydroxyl groups is 1. The zero-order valence-electron chi connectivity index (χ0n) is 13.2. The highest BCUT2D eigenvalue weighted by molar-refractivity contribution is 5.95. The minimum atomic E-state index is -0.275. The molecule has 1 aromatic carbocycles. The number of aromatic nitrogens is 2. The fourth-order valence-corrected chi connectivity index (χ4v) is 2.41. The number of hydrogen-bond donors (Lipinski definition) is 2. The summed E-state index contributed by atoms with van der Waals surface area (Å²) in [6.07, 6.45) is 3.60. The molecular weight excluding hydrogens is 294 g/mol. The number of nitrogens with zero attached hydrogens (tertiary/aromatic N) is 2. The van der Waals surface area contributed by atoms with Crippen LogP contribution in [0.2, 0.25) is 0 Å². The molecule has 0 saturated heterocycles. The van der Waals surface area contributed by atoms with Crippen LogP contribution in [-0.2, 0) is 0 Å². The molecule has 3 rings (SSSR count). The Kier molecular flexibility index (Phi) is 4.34. The number of ether oxygens (including phenoxy) is 1. The normalized spacial score (nSPS) is 15.2. The maximum atomic E-state index is 12.4. The van der Waals surface area contributed by atoms with Crippen molar-refractivity contribution in [1.29, 1.82) is 0 Å². The summed E-state index contributed by atoms with van der Waals surface area (Å²) < 4.78 is 7.18. The van der Waals surface area contributed by atoms with E-state index in [-0.39, 0.29) is 23.6 Å². The van der Waals surface area contributed by atoms with Gasteiger partial charge in [-0.3, -0.25) is 4.79 Å². The zero-order valence-corrected chi connectivity index (χ0v) is 13.2. The van der Waals surface area contributed by atoms with Gasteiger partial charge in [0.25, 0.3) is 5.91 Å². The minimum absolute atomic E-state index is 0.101. The highest BCUT2D eigenvalue weighted by Gasteiger charge is 2.42. The van der Waals surface area contributed by atoms with E-state index in [1.807, 2.05) is 37.3 Å². The van der Waals surface area contributed by atoms with Gasteiger partial charge in [0.05, 0.1) is 25.1 Å². The summed E-state index contributed by atoms with van der Waals surface area (Å²) in [4.78, 5) is 12.4. The molecular formula is C17H21N3O3. The van der Waals surface area contributed by atoms with Gasteiger partial charge in [0.2, 0.25) is 0 Å². The first kappa shape index (κ1) is 15.6. The first-order chi connectivity index (χ1) is 11.2. The Morgan fingerprint density at radius 2 is 2.13 bits per heavy atom. The Hall–Kier alpha value is -2.34. The lowest BCUT2D eigenvalue weighted by molar-refractivity contribution is 0.0926. The average Bonchev–Trinajstić information content (AvgIpc) is 3.26. The Labute approximate surface area is 135 Å². The summed E-state index contributed by atoms with van der Waals surface area (Å²) in [5.74, 6) is 0.186. The Bertz CT molecular complexity index is 678. The molecule has 23 heavy (non-hydrogen) atoms. The fraction of sp³-hybridized carbons (Fsp3) is 0.412. The highest BCUT2D eigenvalue weighted by atomic mass is 16.5. The van der Waals surface area contributed by atoms with Crippen LogP contribution in [0.5, 0.6) is 5.75 Å². The smallest absolute Gasteiger partial charge is 0.275 e. The van der Waals surface area contributed by atoms with E-state index in [4.69, 9.17) is 4.74 Å². The van der Waals surface area contributed by atoms with E-state index in [1.54, 1.807) is 10.9 Å². The van der Waals surface area contributed by atoms with Crippen LogP contribution in [0.3, 0.4) is 0 Å². The number of aliphatic hydroxyl groups excluding tert-OH is 1. The summed E-state index contributed by atoms with van der Waals surface area (Å²) >= 11 is 0. The van der Waals surface area contributed by atoms with E-state index in [9.17, 15) is 9.90 Å². The molecule has 1 saturated carbocycles. The Morgan fingerprint density at radius 3 is 2.74 bits per heavy atom. The van der Waals surface area contributed by atoms with Crippen molar-refractivity contribution in [2.45, 2.75) is 19.8 Å². The van der Waals surface area contributed by atoms with Crippen LogP contribution >= 0.6 is 0 Å². The molecule has 1 fully saturated rings. The van der Waals surface area contributed by atoms with Gasteiger partial charge in [-0.2, -0.15) is 5.10 Å². The number of carbonyl (C=O) groups excluding carboxylic acids is 1. The molecule has 2 N–H and O–H groups in total. The van der Waals surface area contributed by atoms with Gasteiger partial charge < -0.3 is 15.2 Å². The number of carbonyl (C=O) groups is 1. The molecule has 1 aliphatic rings. The second kappa shape index (κ2) is 6.42. The summed E-state index contributed by atoms with van der Waals surface area (Å²) in [6, 6.07) is 9.57. The van der Waals surface area contributed by atoms with E-state index in [0.717, 1.165) is 18.5 Å². The molecule has 1 aromatic heterocycles. The van der Waals surface area contributed by atoms with E-state index in [0.29, 0.717) is 18.9 Å². The molecule has 0 bridgehead atoms. The molecule has 1 amide bonds. The average molecular weight is 315 g/mol. The maximum absolute atomic E-state index is 12.4. The number of hydrogen-bond acceptors (Lipinski definition) is 4. The molecule has 1 aliphatic carbocycles. The molecule has 1 heterocycles. The van der Waals surface area contributed by atoms with Gasteiger partial charge in [-0.1, -0.05) is 18.2 Å². The number of benzene rings is 1. The van der Waals surface area contributed by atoms with Gasteiger partial charge in [0.15, 0.2) is 11.4 Å². The van der Waals surface area contributed by atoms with Gasteiger partial charge >= 0.3 is 0 Å². The Balaban J connectivity index is 1.79. The number of nitrogens with one attached hydrogen (secondary N) is 1. The van der Waals surface area contributed by atoms with Crippen LogP contribution in [0, 0.1) is 5.41 Å². The summed E-state index contributed by atoms with van der Waals surface area (Å²) in [7, 11) is 0. The quantitative estimate of drug-likeness (QED) is 0.816. The van der Waals surface area contributed by atoms with Gasteiger partial charge in [-0.05, 0) is 31.9 Å². The predicted molar refractivity (Wildman–Crippen MR) is 85.8 cm³/mol. The van der Waals surface area contributed by atoms with Crippen LogP contribution < -0.4 is 10.1 Å². The van der Waals surface area contributed by atoms with E-state index in [1.165, 1.54) is 0 Å². The van der Waals surface area contributed by atoms with Crippen molar-refractivity contribution < 1.29 is 14.6 Å². The summed E-state index contributed by atoms with van der Waals surface area (Å²) in [5, 5.41) is 16.6. The lowest BCUT2D eigenvalue weighted by atomic mass is 10.1. The lowest BCUT2D eigenvalue weighted by Gasteiger charge is -2.12. The number of para-hydroxylation sites is 1. The van der Waals surface area contributed by atoms with E-state index < -0.39 is 0 Å². The van der Waals surface area contributed by atoms with Crippen LogP contribution in [0.15, 0.2) is 36.5 Å². The monoisotopic (exact) mass is 315 g/mol. The second-order valence-corrected chi connectivity index (χ2v) is 5.90. The van der Waals surface area contributed by atoms with Crippen molar-refractivity contribution in [1.82, 2.24) is 15.1 Å². The first-order valence-electron chi connectivity index (χ1n) is 7.84. The topological polar surface area (TPSA) is 76.4 Å². The molecule has 0 atom stereocenters. The number of rotatable bonds is 7. The van der Waals surface area contributed by atoms with Crippen molar-refractivity contribution in [3.63, 3.8) is 0 Å². The molecule has 2 aromatic rings. The molecule has 0 unspecified atom stereocenters. The van der Waals surface area contributed by atoms with Gasteiger partial charge in [0, 0.05) is 12.0 Å². The largest absolute Gasteiger partial charge is 0.490 e. The molecule has 0 spiro atoms. The summed E-state index contributed by atoms with van der Waals surface area (Å²) in [6.45, 7) is 2.89. The predicted octanol–water partition coefficient (Wildman–Crippen LogP) is 1.77. The van der Waals surface area contributed by atoms with E-state index in [2.05, 4.69) is 10.4 Å². The van der Waals surface area contributed by atoms with Gasteiger partial charge in [-0.25, -0.2) is 4.68 Å². The standard InChI is InChI=1S/C17H21N3O3/c1-2-23-14-10-20(13-6-4-3-5-7-13)19-15(14)16(22)18-11-17(12-21)8-9-17/h3-7,10,21H,2,8-9,11-12H2,1H3,(H,18,22). The fourth-order valence-electron chi connectivity index (χ4n) is 2.41. The SMILES string of the molecule is CCOc1cn(-c2ccccc2)nc1C(=O)NCC1(CO)CC1. The minimum Gasteiger partial charge on any atom is -0.490 e. The highest BCUT2D eigenvalue weighted by Crippen LogP contribution is 2.44. The van der Waals surface area contributed by atoms with E-state index >= 15 is 0 Å². The van der Waals surface area contributed by atoms with Gasteiger partial charge in [-0.15, -0.1) is 0 Å². The van der Waals surface area contributed by atoms with Crippen LogP contribution in [-0.4, -0.2) is 40.6 Å². The van der Waals surface area contributed by atoms with Crippen molar-refractivity contribution in [3.05, 3.63) is 42.2 Å². The molecule has 0 aliphatic heterocycles. The van der Waals surface area contributed by atoms with Crippen LogP contribution in [0.1, 0.15) is 30.3 Å². The Morgan fingerprint density at radius 1 is 1.39 bits per heavy atom. The van der Waals surface area contributed by atoms with Gasteiger partial charge in [0.1, 0.15) is 0 Å². The van der Waals surface area contributed by atoms with Crippen LogP contribution in [0.4, 0.5) is 0 Å². The van der Waals surface area contributed by atoms with Crippen molar-refractivity contribution in [3.8, 4) is 11.4 Å². The zero-order chi connectivity index (χ0) is 16.3. The third kappa shape index (κ3) is 3.37. The maximum Gasteiger partial charge on any atom is 0.275 e. The molecule has 0 radical (unpaired) electrons. The third-order valence-electron chi connectivity index (χ3n) is 4.13. The third-order valence-corrected chi connectivity index (χ3v) is 4.13. The molecule has 6 nitrogen and oxygen atoms in total. The summed E-state index contributed by atoms with van der Waals surface area (Å²) in [5.41, 5.74) is 0.995. The van der Waals surface area contributed by atoms with Crippen molar-refractivity contribution >= 4 is 5.91 Å². The first-order valence-corrected chi connectivity index (χ1v) is 7.84. The van der Waals surface area contributed by atoms with Crippen molar-refractivity contribution in [2.75, 3.05) is 19.8 Å². The second-order valence-electron chi connectivity index (χ2n) is 5.90. The lowest BCUT2D eigenvalue weighted by Crippen LogP contribution is -2.32. The number of amides is 1. The van der Waals surface area contributed by atoms with Crippen molar-refractivity contribution in [2.24, 2.45) is 5.41 Å². The molecule has 122 valence electrons. The molecule has 6 heteroatoms. The van der Waals surface area contributed by atoms with Crippen LogP contribution in [0.25, 0.3) is 5.69 Å².